The standard InChI is InChI=1S/C32H33BCl2N4O4/c1-17-14-21(30-22(15-17)29(40)18(2)31(42-30)39-12-10-32(4,5)11-13-39)19(3)37-25-8-9-26(34)38-28(25)20-6-7-24-23(27(20)35)16-36-43-33(24)41/h6-9,14-16,19,37,41H,10-13H2,1-5H3/t19-/m1/s1. The summed E-state index contributed by atoms with van der Waals surface area (Å²) >= 11 is 13.2. The van der Waals surface area contributed by atoms with E-state index in [-0.39, 0.29) is 16.9 Å². The third kappa shape index (κ3) is 5.50. The molecule has 0 aliphatic carbocycles. The van der Waals surface area contributed by atoms with Gasteiger partial charge >= 0.3 is 7.12 Å². The highest BCUT2D eigenvalue weighted by Gasteiger charge is 2.30. The zero-order chi connectivity index (χ0) is 30.6. The van der Waals surface area contributed by atoms with Crippen molar-refractivity contribution >= 4 is 64.5 Å². The van der Waals surface area contributed by atoms with Crippen LogP contribution in [0.2, 0.25) is 10.2 Å². The average Bonchev–Trinajstić information content (AvgIpc) is 2.97. The van der Waals surface area contributed by atoms with Gasteiger partial charge in [0.1, 0.15) is 10.7 Å². The largest absolute Gasteiger partial charge is 0.583 e. The first-order chi connectivity index (χ1) is 20.4. The van der Waals surface area contributed by atoms with E-state index in [0.29, 0.717) is 60.6 Å². The number of aryl methyl sites for hydroxylation is 1. The molecule has 43 heavy (non-hydrogen) atoms. The molecule has 4 aromatic rings. The van der Waals surface area contributed by atoms with Crippen LogP contribution in [-0.2, 0) is 4.76 Å². The SMILES string of the molecule is Cc1cc([C@@H](C)Nc2ccc(Cl)nc2-c2ccc3c(c2Cl)C=NOB3O)c2oc(N3CCC(C)(C)CC3)c(C)c(=O)c2c1. The Morgan fingerprint density at radius 3 is 2.60 bits per heavy atom. The summed E-state index contributed by atoms with van der Waals surface area (Å²) in [5.41, 5.74) is 6.18. The number of rotatable bonds is 5. The number of oxime groups is 1. The Hall–Kier alpha value is -3.53. The zero-order valence-electron chi connectivity index (χ0n) is 24.8. The Morgan fingerprint density at radius 2 is 1.86 bits per heavy atom. The van der Waals surface area contributed by atoms with Crippen LogP contribution in [0.5, 0.6) is 0 Å². The van der Waals surface area contributed by atoms with Crippen LogP contribution >= 0.6 is 23.2 Å². The highest BCUT2D eigenvalue weighted by Crippen LogP contribution is 2.39. The molecule has 0 radical (unpaired) electrons. The van der Waals surface area contributed by atoms with E-state index in [1.54, 1.807) is 18.2 Å². The molecule has 2 N–H and O–H groups in total. The molecular formula is C32H33BCl2N4O4. The molecule has 222 valence electrons. The van der Waals surface area contributed by atoms with Crippen molar-refractivity contribution < 1.29 is 14.2 Å². The molecule has 11 heteroatoms. The maximum absolute atomic E-state index is 13.7. The number of hydrogen-bond donors (Lipinski definition) is 2. The molecule has 4 heterocycles. The van der Waals surface area contributed by atoms with E-state index in [4.69, 9.17) is 32.4 Å². The second-order valence-corrected chi connectivity index (χ2v) is 13.0. The fourth-order valence-corrected chi connectivity index (χ4v) is 6.36. The Balaban J connectivity index is 1.42. The van der Waals surface area contributed by atoms with Crippen molar-refractivity contribution in [1.82, 2.24) is 4.98 Å². The minimum atomic E-state index is -1.20. The van der Waals surface area contributed by atoms with Crippen LogP contribution in [0.4, 0.5) is 11.6 Å². The number of halogens is 2. The van der Waals surface area contributed by atoms with Gasteiger partial charge in [-0.25, -0.2) is 4.98 Å². The van der Waals surface area contributed by atoms with Crippen molar-refractivity contribution in [2.24, 2.45) is 10.6 Å². The summed E-state index contributed by atoms with van der Waals surface area (Å²) in [5.74, 6) is 0.646. The lowest BCUT2D eigenvalue weighted by molar-refractivity contribution is 0.274. The van der Waals surface area contributed by atoms with Crippen LogP contribution in [0, 0.1) is 19.3 Å². The van der Waals surface area contributed by atoms with Crippen molar-refractivity contribution in [3.63, 3.8) is 0 Å². The maximum atomic E-state index is 13.7. The number of nitrogens with one attached hydrogen (secondary N) is 1. The molecule has 6 rings (SSSR count). The number of hydrogen-bond acceptors (Lipinski definition) is 8. The lowest BCUT2D eigenvalue weighted by Crippen LogP contribution is -2.38. The molecule has 8 nitrogen and oxygen atoms in total. The minimum absolute atomic E-state index is 0.0132. The predicted octanol–water partition coefficient (Wildman–Crippen LogP) is 6.63. The molecule has 0 saturated carbocycles. The number of piperidine rings is 1. The molecule has 2 aliphatic heterocycles. The van der Waals surface area contributed by atoms with Gasteiger partial charge in [-0.2, -0.15) is 0 Å². The predicted molar refractivity (Wildman–Crippen MR) is 175 cm³/mol. The zero-order valence-corrected chi connectivity index (χ0v) is 26.3. The summed E-state index contributed by atoms with van der Waals surface area (Å²) in [7, 11) is -1.20. The normalized spacial score (nSPS) is 16.7. The van der Waals surface area contributed by atoms with Crippen molar-refractivity contribution in [2.75, 3.05) is 23.3 Å². The topological polar surface area (TPSA) is 100 Å². The number of benzene rings is 2. The molecule has 1 saturated heterocycles. The molecule has 2 aliphatic rings. The third-order valence-corrected chi connectivity index (χ3v) is 9.17. The van der Waals surface area contributed by atoms with Crippen LogP contribution in [0.3, 0.4) is 0 Å². The number of nitrogens with zero attached hydrogens (tertiary/aromatic N) is 3. The monoisotopic (exact) mass is 618 g/mol. The summed E-state index contributed by atoms with van der Waals surface area (Å²) in [5, 5.41) is 18.7. The number of anilines is 2. The van der Waals surface area contributed by atoms with Gasteiger partial charge in [0.05, 0.1) is 39.6 Å². The van der Waals surface area contributed by atoms with Crippen LogP contribution in [0.25, 0.3) is 22.2 Å². The van der Waals surface area contributed by atoms with Crippen LogP contribution < -0.4 is 21.1 Å². The van der Waals surface area contributed by atoms with Gasteiger partial charge in [0.25, 0.3) is 0 Å². The number of fused-ring (bicyclic) bond motifs is 2. The highest BCUT2D eigenvalue weighted by atomic mass is 35.5. The third-order valence-electron chi connectivity index (χ3n) is 8.55. The first kappa shape index (κ1) is 29.5. The molecule has 2 aromatic heterocycles. The van der Waals surface area contributed by atoms with E-state index in [1.807, 2.05) is 39.0 Å². The molecule has 1 fully saturated rings. The summed E-state index contributed by atoms with van der Waals surface area (Å²) in [6.07, 6.45) is 3.53. The van der Waals surface area contributed by atoms with E-state index in [1.165, 1.54) is 6.21 Å². The molecule has 0 unspecified atom stereocenters. The van der Waals surface area contributed by atoms with Gasteiger partial charge in [-0.15, -0.1) is 5.16 Å². The smallest absolute Gasteiger partial charge is 0.440 e. The van der Waals surface area contributed by atoms with Gasteiger partial charge in [0.2, 0.25) is 5.88 Å². The number of pyridine rings is 1. The Labute approximate surface area is 260 Å². The molecule has 0 amide bonds. The highest BCUT2D eigenvalue weighted by molar-refractivity contribution is 6.63. The quantitative estimate of drug-likeness (QED) is 0.191. The van der Waals surface area contributed by atoms with E-state index < -0.39 is 7.12 Å². The van der Waals surface area contributed by atoms with E-state index >= 15 is 0 Å². The first-order valence-electron chi connectivity index (χ1n) is 14.4. The van der Waals surface area contributed by atoms with Gasteiger partial charge in [0.15, 0.2) is 5.43 Å². The van der Waals surface area contributed by atoms with E-state index in [0.717, 1.165) is 37.1 Å². The van der Waals surface area contributed by atoms with Gasteiger partial charge in [-0.05, 0) is 62.8 Å². The van der Waals surface area contributed by atoms with Crippen molar-refractivity contribution in [3.8, 4) is 11.3 Å². The second-order valence-electron chi connectivity index (χ2n) is 12.3. The molecule has 0 spiro atoms. The van der Waals surface area contributed by atoms with E-state index in [9.17, 15) is 9.82 Å². The molecular weight excluding hydrogens is 586 g/mol. The van der Waals surface area contributed by atoms with Gasteiger partial charge in [0, 0.05) is 35.2 Å². The summed E-state index contributed by atoms with van der Waals surface area (Å²) in [6, 6.07) is 10.7. The maximum Gasteiger partial charge on any atom is 0.583 e. The molecule has 2 aromatic carbocycles. The van der Waals surface area contributed by atoms with Gasteiger partial charge in [-0.1, -0.05) is 55.2 Å². The van der Waals surface area contributed by atoms with Gasteiger partial charge < -0.3 is 24.4 Å². The second kappa shape index (κ2) is 11.2. The Morgan fingerprint density at radius 1 is 1.12 bits per heavy atom. The van der Waals surface area contributed by atoms with Crippen LogP contribution in [-0.4, -0.2) is 36.4 Å². The molecule has 0 bridgehead atoms. The van der Waals surface area contributed by atoms with Crippen LogP contribution in [0.1, 0.15) is 61.9 Å². The van der Waals surface area contributed by atoms with Crippen molar-refractivity contribution in [1.29, 1.82) is 0 Å². The van der Waals surface area contributed by atoms with Gasteiger partial charge in [-0.3, -0.25) is 4.79 Å². The number of aromatic nitrogens is 1. The lowest BCUT2D eigenvalue weighted by Gasteiger charge is -2.37. The fourth-order valence-electron chi connectivity index (χ4n) is 5.90. The van der Waals surface area contributed by atoms with Crippen molar-refractivity contribution in [2.45, 2.75) is 53.5 Å². The van der Waals surface area contributed by atoms with E-state index in [2.05, 4.69) is 34.2 Å². The first-order valence-corrected chi connectivity index (χ1v) is 15.1. The molecule has 1 atom stereocenters. The summed E-state index contributed by atoms with van der Waals surface area (Å²) in [4.78, 5) is 20.5. The van der Waals surface area contributed by atoms with Crippen molar-refractivity contribution in [3.05, 3.63) is 79.1 Å². The average molecular weight is 619 g/mol. The summed E-state index contributed by atoms with van der Waals surface area (Å²) < 4.78 is 11.6. The minimum Gasteiger partial charge on any atom is -0.440 e. The summed E-state index contributed by atoms with van der Waals surface area (Å²) in [6.45, 7) is 12.1. The Bertz CT molecular complexity index is 1830. The lowest BCUT2D eigenvalue weighted by atomic mass is 9.75. The fraction of sp³-hybridized carbons (Fsp3) is 0.344. The Kier molecular flexibility index (Phi) is 7.69. The van der Waals surface area contributed by atoms with Crippen LogP contribution in [0.15, 0.2) is 50.8 Å².